The fourth-order valence-electron chi connectivity index (χ4n) is 1.53. The van der Waals surface area contributed by atoms with E-state index in [1.165, 1.54) is 6.07 Å². The number of nitrogens with two attached hydrogens (primary N) is 1. The van der Waals surface area contributed by atoms with Crippen LogP contribution in [0, 0.1) is 11.7 Å². The predicted octanol–water partition coefficient (Wildman–Crippen LogP) is 4.02. The van der Waals surface area contributed by atoms with Gasteiger partial charge in [0.1, 0.15) is 5.82 Å². The molecule has 0 amide bonds. The maximum absolute atomic E-state index is 13.5. The molecule has 1 nitrogen and oxygen atoms in total. The molecule has 1 aromatic rings. The van der Waals surface area contributed by atoms with Crippen molar-refractivity contribution in [2.75, 3.05) is 0 Å². The van der Waals surface area contributed by atoms with Gasteiger partial charge in [0, 0.05) is 16.1 Å². The summed E-state index contributed by atoms with van der Waals surface area (Å²) in [6.45, 7) is 4.26. The summed E-state index contributed by atoms with van der Waals surface area (Å²) in [5, 5.41) is 0. The Morgan fingerprint density at radius 1 is 1.47 bits per heavy atom. The van der Waals surface area contributed by atoms with E-state index in [0.29, 0.717) is 11.5 Å². The lowest BCUT2D eigenvalue weighted by Gasteiger charge is -2.16. The lowest BCUT2D eigenvalue weighted by atomic mass is 9.95. The smallest absolute Gasteiger partial charge is 0.129 e. The van der Waals surface area contributed by atoms with Crippen molar-refractivity contribution in [1.29, 1.82) is 0 Å². The average Bonchev–Trinajstić information content (AvgIpc) is 2.17. The molecule has 15 heavy (non-hydrogen) atoms. The molecule has 0 bridgehead atoms. The normalized spacial score (nSPS) is 15.0. The van der Waals surface area contributed by atoms with Crippen molar-refractivity contribution >= 4 is 15.9 Å². The van der Waals surface area contributed by atoms with Crippen LogP contribution in [0.15, 0.2) is 22.7 Å². The second kappa shape index (κ2) is 5.61. The number of halogens is 2. The Morgan fingerprint density at radius 3 is 2.67 bits per heavy atom. The van der Waals surface area contributed by atoms with Crippen LogP contribution < -0.4 is 5.73 Å². The van der Waals surface area contributed by atoms with Crippen molar-refractivity contribution in [2.45, 2.75) is 32.7 Å². The van der Waals surface area contributed by atoms with Gasteiger partial charge in [-0.05, 0) is 24.5 Å². The number of benzene rings is 1. The topological polar surface area (TPSA) is 26.0 Å². The highest BCUT2D eigenvalue weighted by Gasteiger charge is 2.13. The van der Waals surface area contributed by atoms with Crippen molar-refractivity contribution < 1.29 is 4.39 Å². The van der Waals surface area contributed by atoms with Gasteiger partial charge in [-0.1, -0.05) is 42.3 Å². The molecule has 0 saturated carbocycles. The van der Waals surface area contributed by atoms with Crippen LogP contribution in [0.2, 0.25) is 0 Å². The van der Waals surface area contributed by atoms with Crippen LogP contribution in [-0.4, -0.2) is 0 Å². The minimum absolute atomic E-state index is 0.201. The second-order valence-electron chi connectivity index (χ2n) is 4.02. The first-order valence-electron chi connectivity index (χ1n) is 5.25. The fourth-order valence-corrected chi connectivity index (χ4v) is 1.86. The van der Waals surface area contributed by atoms with Gasteiger partial charge in [-0.2, -0.15) is 0 Å². The van der Waals surface area contributed by atoms with E-state index in [9.17, 15) is 4.39 Å². The Balaban J connectivity index is 2.77. The van der Waals surface area contributed by atoms with Crippen LogP contribution in [-0.2, 0) is 0 Å². The molecule has 0 aromatic heterocycles. The quantitative estimate of drug-likeness (QED) is 0.881. The van der Waals surface area contributed by atoms with Crippen LogP contribution in [0.1, 0.15) is 38.3 Å². The third-order valence-corrected chi connectivity index (χ3v) is 3.21. The van der Waals surface area contributed by atoms with Gasteiger partial charge in [-0.3, -0.25) is 0 Å². The van der Waals surface area contributed by atoms with E-state index in [-0.39, 0.29) is 11.9 Å². The summed E-state index contributed by atoms with van der Waals surface area (Å²) < 4.78 is 14.3. The maximum atomic E-state index is 13.5. The highest BCUT2D eigenvalue weighted by Crippen LogP contribution is 2.25. The van der Waals surface area contributed by atoms with Crippen molar-refractivity contribution in [3.05, 3.63) is 34.1 Å². The Labute approximate surface area is 99.0 Å². The molecule has 0 radical (unpaired) electrons. The van der Waals surface area contributed by atoms with Gasteiger partial charge >= 0.3 is 0 Å². The first kappa shape index (κ1) is 12.7. The van der Waals surface area contributed by atoms with Crippen molar-refractivity contribution in [3.63, 3.8) is 0 Å². The molecule has 2 unspecified atom stereocenters. The lowest BCUT2D eigenvalue weighted by Crippen LogP contribution is -2.15. The summed E-state index contributed by atoms with van der Waals surface area (Å²) in [7, 11) is 0. The molecule has 0 heterocycles. The van der Waals surface area contributed by atoms with Crippen molar-refractivity contribution in [2.24, 2.45) is 11.7 Å². The molecule has 0 aliphatic carbocycles. The van der Waals surface area contributed by atoms with E-state index in [4.69, 9.17) is 5.73 Å². The second-order valence-corrected chi connectivity index (χ2v) is 4.94. The SMILES string of the molecule is CCC(C)CC(N)c1ccc(Br)cc1F. The van der Waals surface area contributed by atoms with Crippen LogP contribution in [0.25, 0.3) is 0 Å². The molecule has 1 aromatic carbocycles. The number of rotatable bonds is 4. The fraction of sp³-hybridized carbons (Fsp3) is 0.500. The van der Waals surface area contributed by atoms with Gasteiger partial charge in [-0.15, -0.1) is 0 Å². The summed E-state index contributed by atoms with van der Waals surface area (Å²) in [6.07, 6.45) is 1.90. The average molecular weight is 274 g/mol. The Morgan fingerprint density at radius 2 is 2.13 bits per heavy atom. The molecule has 84 valence electrons. The van der Waals surface area contributed by atoms with E-state index in [2.05, 4.69) is 29.8 Å². The predicted molar refractivity (Wildman–Crippen MR) is 65.1 cm³/mol. The van der Waals surface area contributed by atoms with E-state index in [0.717, 1.165) is 17.3 Å². The Hall–Kier alpha value is -0.410. The van der Waals surface area contributed by atoms with E-state index in [1.54, 1.807) is 6.07 Å². The Bertz CT molecular complexity index is 327. The van der Waals surface area contributed by atoms with Gasteiger partial charge in [-0.25, -0.2) is 4.39 Å². The van der Waals surface area contributed by atoms with E-state index < -0.39 is 0 Å². The summed E-state index contributed by atoms with van der Waals surface area (Å²) in [5.41, 5.74) is 6.58. The van der Waals surface area contributed by atoms with Gasteiger partial charge in [0.25, 0.3) is 0 Å². The van der Waals surface area contributed by atoms with Gasteiger partial charge in [0.2, 0.25) is 0 Å². The summed E-state index contributed by atoms with van der Waals surface area (Å²) in [4.78, 5) is 0. The molecule has 0 aliphatic rings. The molecule has 0 spiro atoms. The molecule has 2 atom stereocenters. The van der Waals surface area contributed by atoms with E-state index >= 15 is 0 Å². The zero-order chi connectivity index (χ0) is 11.4. The van der Waals surface area contributed by atoms with Crippen LogP contribution in [0.5, 0.6) is 0 Å². The molecule has 0 aliphatic heterocycles. The third kappa shape index (κ3) is 3.58. The molecular weight excluding hydrogens is 257 g/mol. The van der Waals surface area contributed by atoms with Crippen molar-refractivity contribution in [3.8, 4) is 0 Å². The molecule has 0 fully saturated rings. The zero-order valence-corrected chi connectivity index (χ0v) is 10.7. The summed E-state index contributed by atoms with van der Waals surface area (Å²) >= 11 is 3.23. The zero-order valence-electron chi connectivity index (χ0n) is 9.13. The standard InChI is InChI=1S/C12H17BrFN/c1-3-8(2)6-12(15)10-5-4-9(13)7-11(10)14/h4-5,7-8,12H,3,6,15H2,1-2H3. The van der Waals surface area contributed by atoms with Gasteiger partial charge in [0.15, 0.2) is 0 Å². The first-order chi connectivity index (χ1) is 7.04. The first-order valence-corrected chi connectivity index (χ1v) is 6.04. The maximum Gasteiger partial charge on any atom is 0.129 e. The molecule has 2 N–H and O–H groups in total. The third-order valence-electron chi connectivity index (χ3n) is 2.72. The number of hydrogen-bond donors (Lipinski definition) is 1. The minimum atomic E-state index is -0.222. The summed E-state index contributed by atoms with van der Waals surface area (Å²) in [5.74, 6) is 0.309. The summed E-state index contributed by atoms with van der Waals surface area (Å²) in [6, 6.07) is 4.85. The molecule has 1 rings (SSSR count). The van der Waals surface area contributed by atoms with Crippen molar-refractivity contribution in [1.82, 2.24) is 0 Å². The monoisotopic (exact) mass is 273 g/mol. The Kier molecular flexibility index (Phi) is 4.74. The highest BCUT2D eigenvalue weighted by molar-refractivity contribution is 9.10. The van der Waals surface area contributed by atoms with Crippen LogP contribution in [0.3, 0.4) is 0 Å². The van der Waals surface area contributed by atoms with E-state index in [1.807, 2.05) is 6.07 Å². The van der Waals surface area contributed by atoms with Crippen LogP contribution in [0.4, 0.5) is 4.39 Å². The van der Waals surface area contributed by atoms with Gasteiger partial charge in [0.05, 0.1) is 0 Å². The number of hydrogen-bond acceptors (Lipinski definition) is 1. The minimum Gasteiger partial charge on any atom is -0.324 e. The molecular formula is C12H17BrFN. The van der Waals surface area contributed by atoms with Crippen LogP contribution >= 0.6 is 15.9 Å². The molecule has 0 saturated heterocycles. The highest BCUT2D eigenvalue weighted by atomic mass is 79.9. The largest absolute Gasteiger partial charge is 0.324 e. The van der Waals surface area contributed by atoms with Gasteiger partial charge < -0.3 is 5.73 Å². The molecule has 3 heteroatoms. The lowest BCUT2D eigenvalue weighted by molar-refractivity contribution is 0.449.